The smallest absolute Gasteiger partial charge is 0.227 e. The van der Waals surface area contributed by atoms with Crippen LogP contribution in [0.3, 0.4) is 0 Å². The summed E-state index contributed by atoms with van der Waals surface area (Å²) in [7, 11) is 0. The number of rotatable bonds is 10. The Labute approximate surface area is 228 Å². The van der Waals surface area contributed by atoms with Crippen LogP contribution in [0.2, 0.25) is 0 Å². The number of fused-ring (bicyclic) bond motifs is 1. The highest BCUT2D eigenvalue weighted by atomic mass is 15.2. The van der Waals surface area contributed by atoms with Gasteiger partial charge in [-0.25, -0.2) is 9.97 Å². The highest BCUT2D eigenvalue weighted by Gasteiger charge is 2.18. The van der Waals surface area contributed by atoms with Crippen molar-refractivity contribution in [1.82, 2.24) is 19.9 Å². The summed E-state index contributed by atoms with van der Waals surface area (Å²) >= 11 is 0. The normalized spacial score (nSPS) is 11.6. The molecule has 39 heavy (non-hydrogen) atoms. The van der Waals surface area contributed by atoms with E-state index in [1.165, 1.54) is 0 Å². The van der Waals surface area contributed by atoms with Gasteiger partial charge in [-0.05, 0) is 18.1 Å². The van der Waals surface area contributed by atoms with Crippen molar-refractivity contribution in [2.24, 2.45) is 0 Å². The molecule has 6 heteroatoms. The summed E-state index contributed by atoms with van der Waals surface area (Å²) in [5.41, 5.74) is 6.83. The van der Waals surface area contributed by atoms with Gasteiger partial charge < -0.3 is 10.6 Å². The maximum absolute atomic E-state index is 5.12. The van der Waals surface area contributed by atoms with Crippen molar-refractivity contribution in [3.8, 4) is 22.5 Å². The molecule has 0 saturated heterocycles. The third kappa shape index (κ3) is 6.25. The Morgan fingerprint density at radius 1 is 0.744 bits per heavy atom. The van der Waals surface area contributed by atoms with Crippen LogP contribution in [0.25, 0.3) is 33.7 Å². The summed E-state index contributed by atoms with van der Waals surface area (Å²) in [5.74, 6) is 1.09. The van der Waals surface area contributed by atoms with E-state index in [9.17, 15) is 0 Å². The van der Waals surface area contributed by atoms with Crippen molar-refractivity contribution in [2.45, 2.75) is 13.5 Å². The van der Waals surface area contributed by atoms with E-state index in [0.29, 0.717) is 36.0 Å². The molecule has 0 aliphatic carbocycles. The van der Waals surface area contributed by atoms with Gasteiger partial charge in [-0.3, -0.25) is 0 Å². The molecule has 3 aromatic carbocycles. The molecule has 0 aliphatic rings. The van der Waals surface area contributed by atoms with Gasteiger partial charge in [0.1, 0.15) is 0 Å². The molecule has 0 unspecified atom stereocenters. The van der Waals surface area contributed by atoms with Gasteiger partial charge in [0.2, 0.25) is 5.95 Å². The van der Waals surface area contributed by atoms with Crippen LogP contribution in [0.15, 0.2) is 127 Å². The van der Waals surface area contributed by atoms with Crippen LogP contribution in [-0.4, -0.2) is 26.5 Å². The Kier molecular flexibility index (Phi) is 8.14. The Hall–Kier alpha value is -5.10. The summed E-state index contributed by atoms with van der Waals surface area (Å²) in [6, 6.07) is 30.4. The fraction of sp³-hybridized carbons (Fsp3) is 0.0909. The first-order valence-electron chi connectivity index (χ1n) is 12.9. The molecule has 0 radical (unpaired) electrons. The van der Waals surface area contributed by atoms with E-state index < -0.39 is 0 Å². The molecule has 2 aromatic heterocycles. The minimum atomic E-state index is 0.481. The zero-order valence-corrected chi connectivity index (χ0v) is 21.9. The van der Waals surface area contributed by atoms with Crippen LogP contribution < -0.4 is 10.6 Å². The lowest BCUT2D eigenvalue weighted by molar-refractivity contribution is 1.05. The Bertz CT molecular complexity index is 1610. The van der Waals surface area contributed by atoms with E-state index in [1.54, 1.807) is 6.08 Å². The zero-order valence-electron chi connectivity index (χ0n) is 21.9. The van der Waals surface area contributed by atoms with Gasteiger partial charge in [-0.1, -0.05) is 122 Å². The SMILES string of the molecule is C=C/C=C(\C=C/C)CNc1nc(NCc2ccccc2)nc2nc(-c3ccccc3)c(-c3ccccc3)nc12. The van der Waals surface area contributed by atoms with Crippen LogP contribution in [0, 0.1) is 0 Å². The van der Waals surface area contributed by atoms with Crippen LogP contribution in [0.5, 0.6) is 0 Å². The van der Waals surface area contributed by atoms with Gasteiger partial charge >= 0.3 is 0 Å². The van der Waals surface area contributed by atoms with E-state index in [2.05, 4.69) is 29.3 Å². The molecule has 5 rings (SSSR count). The second-order valence-electron chi connectivity index (χ2n) is 8.89. The second kappa shape index (κ2) is 12.4. The third-order valence-corrected chi connectivity index (χ3v) is 6.09. The second-order valence-corrected chi connectivity index (χ2v) is 8.89. The first-order valence-corrected chi connectivity index (χ1v) is 12.9. The summed E-state index contributed by atoms with van der Waals surface area (Å²) in [5, 5.41) is 6.84. The molecule has 2 heterocycles. The first kappa shape index (κ1) is 25.5. The minimum Gasteiger partial charge on any atom is -0.364 e. The van der Waals surface area contributed by atoms with Gasteiger partial charge in [-0.15, -0.1) is 0 Å². The Morgan fingerprint density at radius 3 is 1.97 bits per heavy atom. The largest absolute Gasteiger partial charge is 0.364 e. The lowest BCUT2D eigenvalue weighted by atomic mass is 10.0. The van der Waals surface area contributed by atoms with Crippen molar-refractivity contribution < 1.29 is 0 Å². The minimum absolute atomic E-state index is 0.481. The molecular formula is C33H30N6. The highest BCUT2D eigenvalue weighted by Crippen LogP contribution is 2.32. The van der Waals surface area contributed by atoms with Crippen molar-refractivity contribution in [3.63, 3.8) is 0 Å². The maximum atomic E-state index is 5.12. The van der Waals surface area contributed by atoms with E-state index in [4.69, 9.17) is 19.9 Å². The molecule has 2 N–H and O–H groups in total. The number of nitrogens with one attached hydrogen (secondary N) is 2. The number of nitrogens with zero attached hydrogens (tertiary/aromatic N) is 4. The zero-order chi connectivity index (χ0) is 26.9. The van der Waals surface area contributed by atoms with Crippen LogP contribution >= 0.6 is 0 Å². The van der Waals surface area contributed by atoms with Crippen molar-refractivity contribution >= 4 is 22.9 Å². The number of hydrogen-bond donors (Lipinski definition) is 2. The standard InChI is InChI=1S/C33H30N6/c1-3-14-24(15-4-2)22-34-31-30-32(39-33(38-31)35-23-25-16-8-5-9-17-25)37-29(27-20-12-7-13-21-27)28(36-30)26-18-10-6-11-19-26/h3-21H,1,22-23H2,2H3,(H2,34,35,37,38,39)/b15-4-,24-14+. The fourth-order valence-corrected chi connectivity index (χ4v) is 4.25. The summed E-state index contributed by atoms with van der Waals surface area (Å²) in [6.45, 7) is 6.97. The average Bonchev–Trinajstić information content (AvgIpc) is 2.99. The van der Waals surface area contributed by atoms with Crippen LogP contribution in [0.4, 0.5) is 11.8 Å². The van der Waals surface area contributed by atoms with Crippen molar-refractivity contribution in [3.05, 3.63) is 133 Å². The molecule has 6 nitrogen and oxygen atoms in total. The van der Waals surface area contributed by atoms with Crippen LogP contribution in [-0.2, 0) is 6.54 Å². The molecule has 0 bridgehead atoms. The Morgan fingerprint density at radius 2 is 1.36 bits per heavy atom. The molecule has 0 atom stereocenters. The van der Waals surface area contributed by atoms with E-state index >= 15 is 0 Å². The van der Waals surface area contributed by atoms with Crippen LogP contribution in [0.1, 0.15) is 12.5 Å². The molecule has 0 amide bonds. The van der Waals surface area contributed by atoms with E-state index in [0.717, 1.165) is 33.7 Å². The quantitative estimate of drug-likeness (QED) is 0.190. The summed E-state index contributed by atoms with van der Waals surface area (Å²) in [4.78, 5) is 19.8. The average molecular weight is 511 g/mol. The monoisotopic (exact) mass is 510 g/mol. The number of allylic oxidation sites excluding steroid dienone is 3. The van der Waals surface area contributed by atoms with E-state index in [-0.39, 0.29) is 0 Å². The predicted molar refractivity (Wildman–Crippen MR) is 161 cm³/mol. The summed E-state index contributed by atoms with van der Waals surface area (Å²) < 4.78 is 0. The van der Waals surface area contributed by atoms with Crippen molar-refractivity contribution in [1.29, 1.82) is 0 Å². The van der Waals surface area contributed by atoms with Gasteiger partial charge in [0.15, 0.2) is 17.0 Å². The first-order chi connectivity index (χ1) is 19.2. The lowest BCUT2D eigenvalue weighted by Gasteiger charge is -2.15. The maximum Gasteiger partial charge on any atom is 0.227 e. The topological polar surface area (TPSA) is 75.6 Å². The van der Waals surface area contributed by atoms with Gasteiger partial charge in [-0.2, -0.15) is 9.97 Å². The molecular weight excluding hydrogens is 480 g/mol. The lowest BCUT2D eigenvalue weighted by Crippen LogP contribution is -2.11. The number of anilines is 2. The molecule has 5 aromatic rings. The number of aromatic nitrogens is 4. The number of benzene rings is 3. The molecule has 0 aliphatic heterocycles. The Balaban J connectivity index is 1.64. The van der Waals surface area contributed by atoms with Gasteiger partial charge in [0.05, 0.1) is 11.4 Å². The van der Waals surface area contributed by atoms with Gasteiger partial charge in [0.25, 0.3) is 0 Å². The number of hydrogen-bond acceptors (Lipinski definition) is 6. The molecule has 192 valence electrons. The fourth-order valence-electron chi connectivity index (χ4n) is 4.25. The van der Waals surface area contributed by atoms with Crippen molar-refractivity contribution in [2.75, 3.05) is 17.2 Å². The van der Waals surface area contributed by atoms with Gasteiger partial charge in [0, 0.05) is 24.2 Å². The third-order valence-electron chi connectivity index (χ3n) is 6.09. The summed E-state index contributed by atoms with van der Waals surface area (Å²) in [6.07, 6.45) is 7.80. The predicted octanol–water partition coefficient (Wildman–Crippen LogP) is 7.47. The molecule has 0 fully saturated rings. The molecule has 0 spiro atoms. The highest BCUT2D eigenvalue weighted by molar-refractivity contribution is 5.90. The van der Waals surface area contributed by atoms with E-state index in [1.807, 2.05) is 104 Å². The molecule has 0 saturated carbocycles.